The van der Waals surface area contributed by atoms with E-state index >= 15 is 0 Å². The largest absolute Gasteiger partial charge is 0.493 e. The third-order valence-electron chi connectivity index (χ3n) is 9.43. The molecule has 0 radical (unpaired) electrons. The maximum atomic E-state index is 14.0. The van der Waals surface area contributed by atoms with Gasteiger partial charge in [-0.05, 0) is 78.2 Å². The molecule has 15 nitrogen and oxygen atoms in total. The molecule has 17 heteroatoms. The van der Waals surface area contributed by atoms with E-state index in [0.29, 0.717) is 57.0 Å². The lowest BCUT2D eigenvalue weighted by Gasteiger charge is -2.18. The minimum atomic E-state index is -1.27. The number of aromatic nitrogens is 2. The van der Waals surface area contributed by atoms with Gasteiger partial charge in [0.05, 0.1) is 44.0 Å². The minimum Gasteiger partial charge on any atom is -0.493 e. The van der Waals surface area contributed by atoms with Gasteiger partial charge in [0, 0.05) is 30.7 Å². The van der Waals surface area contributed by atoms with Gasteiger partial charge in [-0.1, -0.05) is 41.9 Å². The van der Waals surface area contributed by atoms with E-state index in [0.717, 1.165) is 65.0 Å². The number of carbonyl (C=O) groups is 3. The molecule has 6 N–H and O–H groups in total. The number of hydrogen-bond acceptors (Lipinski definition) is 13. The summed E-state index contributed by atoms with van der Waals surface area (Å²) in [4.78, 5) is 44.5. The number of nitrogens with one attached hydrogen (secondary N) is 3. The first kappa shape index (κ1) is 43.9. The molecule has 7 rings (SSSR count). The fraction of sp³-hybridized carbons (Fsp3) is 0.295. The second kappa shape index (κ2) is 21.6. The predicted molar refractivity (Wildman–Crippen MR) is 225 cm³/mol. The van der Waals surface area contributed by atoms with Crippen molar-refractivity contribution in [2.24, 2.45) is 5.73 Å². The molecule has 0 saturated heterocycles. The number of ether oxygens (including phenoxy) is 5. The summed E-state index contributed by atoms with van der Waals surface area (Å²) >= 11 is 5.90. The Morgan fingerprint density at radius 3 is 1.82 bits per heavy atom. The van der Waals surface area contributed by atoms with Crippen LogP contribution in [0.2, 0.25) is 5.02 Å². The number of rotatable bonds is 16. The molecule has 0 unspecified atom stereocenters. The number of benzene rings is 3. The summed E-state index contributed by atoms with van der Waals surface area (Å²) in [6.07, 6.45) is 1.73. The first-order valence-electron chi connectivity index (χ1n) is 19.5. The Kier molecular flexibility index (Phi) is 15.5. The van der Waals surface area contributed by atoms with Gasteiger partial charge in [0.25, 0.3) is 5.91 Å². The molecule has 5 aromatic rings. The molecular formula is C44H46ClFN6O9. The third kappa shape index (κ3) is 12.7. The van der Waals surface area contributed by atoms with E-state index in [1.807, 2.05) is 48.5 Å². The van der Waals surface area contributed by atoms with Gasteiger partial charge < -0.3 is 50.5 Å². The number of esters is 1. The second-order valence-electron chi connectivity index (χ2n) is 13.8. The fourth-order valence-electron chi connectivity index (χ4n) is 6.26. The number of halogens is 2. The van der Waals surface area contributed by atoms with Crippen LogP contribution in [0.3, 0.4) is 0 Å². The monoisotopic (exact) mass is 856 g/mol. The Morgan fingerprint density at radius 2 is 1.33 bits per heavy atom. The standard InChI is InChI=1S/C25H23ClFN3O5.C19H23N3O4/c26-18-2-1-3-19(27)22(18)24(31)30-20(25(32)33)14-15-4-7-17(8-5-15)34-12-10-16-6-9-21-23(29-16)28-11-13-35-21;1-24-19(23)16(20)12-13-2-5-15(6-3-13)25-10-8-14-4-7-17-18(22-14)21-9-11-26-17/h1-9,20H,10-14H2,(H,28,29)(H,30,31)(H,32,33);2-7,16H,8-12,20H2,1H3,(H,21,22)/t20-;16-/m00/s1. The highest BCUT2D eigenvalue weighted by Crippen LogP contribution is 2.26. The van der Waals surface area contributed by atoms with Crippen LogP contribution in [0.4, 0.5) is 16.0 Å². The lowest BCUT2D eigenvalue weighted by atomic mass is 10.0. The molecule has 0 saturated carbocycles. The van der Waals surface area contributed by atoms with Crippen LogP contribution in [0, 0.1) is 5.82 Å². The van der Waals surface area contributed by atoms with E-state index in [2.05, 4.69) is 30.7 Å². The summed E-state index contributed by atoms with van der Waals surface area (Å²) in [5.41, 5.74) is 8.81. The molecule has 320 valence electrons. The van der Waals surface area contributed by atoms with Crippen molar-refractivity contribution in [2.45, 2.75) is 37.8 Å². The van der Waals surface area contributed by atoms with Crippen LogP contribution in [0.5, 0.6) is 23.0 Å². The van der Waals surface area contributed by atoms with Crippen LogP contribution in [-0.4, -0.2) is 91.6 Å². The summed E-state index contributed by atoms with van der Waals surface area (Å²) in [7, 11) is 1.33. The normalized spacial score (nSPS) is 13.4. The molecule has 4 heterocycles. The maximum absolute atomic E-state index is 14.0. The van der Waals surface area contributed by atoms with Crippen molar-refractivity contribution >= 4 is 41.1 Å². The molecule has 0 bridgehead atoms. The summed E-state index contributed by atoms with van der Waals surface area (Å²) in [5.74, 6) is 1.06. The van der Waals surface area contributed by atoms with Crippen molar-refractivity contribution < 1.29 is 47.6 Å². The van der Waals surface area contributed by atoms with E-state index in [1.165, 1.54) is 19.2 Å². The number of amides is 1. The molecule has 0 spiro atoms. The van der Waals surface area contributed by atoms with E-state index in [-0.39, 0.29) is 17.0 Å². The van der Waals surface area contributed by atoms with Crippen LogP contribution in [0.15, 0.2) is 91.0 Å². The number of nitrogens with zero attached hydrogens (tertiary/aromatic N) is 2. The second-order valence-corrected chi connectivity index (χ2v) is 14.2. The van der Waals surface area contributed by atoms with E-state index in [9.17, 15) is 23.9 Å². The summed E-state index contributed by atoms with van der Waals surface area (Å²) in [6.45, 7) is 3.70. The van der Waals surface area contributed by atoms with Gasteiger partial charge >= 0.3 is 11.9 Å². The lowest BCUT2D eigenvalue weighted by molar-refractivity contribution is -0.142. The summed E-state index contributed by atoms with van der Waals surface area (Å²) < 4.78 is 41.2. The first-order valence-corrected chi connectivity index (χ1v) is 19.9. The van der Waals surface area contributed by atoms with Crippen LogP contribution >= 0.6 is 11.6 Å². The molecule has 2 aliphatic heterocycles. The average Bonchev–Trinajstić information content (AvgIpc) is 3.27. The van der Waals surface area contributed by atoms with Crippen molar-refractivity contribution in [3.8, 4) is 23.0 Å². The number of pyridine rings is 2. The average molecular weight is 857 g/mol. The smallest absolute Gasteiger partial charge is 0.326 e. The van der Waals surface area contributed by atoms with Gasteiger partial charge in [-0.15, -0.1) is 0 Å². The van der Waals surface area contributed by atoms with Crippen LogP contribution in [0.25, 0.3) is 0 Å². The number of nitrogens with two attached hydrogens (primary N) is 1. The molecule has 0 fully saturated rings. The van der Waals surface area contributed by atoms with Crippen LogP contribution in [-0.2, 0) is 40.0 Å². The van der Waals surface area contributed by atoms with E-state index in [4.69, 9.17) is 36.3 Å². The van der Waals surface area contributed by atoms with Gasteiger partial charge in [-0.3, -0.25) is 9.59 Å². The quantitative estimate of drug-likeness (QED) is 0.0802. The fourth-order valence-corrected chi connectivity index (χ4v) is 6.51. The highest BCUT2D eigenvalue weighted by molar-refractivity contribution is 6.33. The van der Waals surface area contributed by atoms with Gasteiger partial charge in [-0.2, -0.15) is 0 Å². The van der Waals surface area contributed by atoms with Crippen molar-refractivity contribution in [3.05, 3.63) is 130 Å². The zero-order valence-electron chi connectivity index (χ0n) is 33.3. The number of carboxylic acid groups (broad SMARTS) is 1. The number of aliphatic carboxylic acids is 1. The molecule has 2 aliphatic rings. The molecule has 2 aromatic heterocycles. The van der Waals surface area contributed by atoms with E-state index in [1.54, 1.807) is 24.3 Å². The Labute approximate surface area is 356 Å². The zero-order valence-corrected chi connectivity index (χ0v) is 34.1. The van der Waals surface area contributed by atoms with E-state index < -0.39 is 35.7 Å². The number of methoxy groups -OCH3 is 1. The van der Waals surface area contributed by atoms with Gasteiger partial charge in [-0.25, -0.2) is 19.2 Å². The molecule has 61 heavy (non-hydrogen) atoms. The van der Waals surface area contributed by atoms with Crippen molar-refractivity contribution in [2.75, 3.05) is 57.3 Å². The Morgan fingerprint density at radius 1 is 0.803 bits per heavy atom. The number of carbonyl (C=O) groups excluding carboxylic acids is 2. The van der Waals surface area contributed by atoms with Gasteiger partial charge in [0.15, 0.2) is 23.1 Å². The molecule has 2 atom stereocenters. The predicted octanol–water partition coefficient (Wildman–Crippen LogP) is 5.28. The molecule has 0 aliphatic carbocycles. The van der Waals surface area contributed by atoms with Crippen molar-refractivity contribution in [1.29, 1.82) is 0 Å². The summed E-state index contributed by atoms with van der Waals surface area (Å²) in [6, 6.07) is 24.0. The van der Waals surface area contributed by atoms with Crippen LogP contribution < -0.4 is 40.6 Å². The molecular weight excluding hydrogens is 811 g/mol. The highest BCUT2D eigenvalue weighted by atomic mass is 35.5. The molecule has 3 aromatic carbocycles. The zero-order chi connectivity index (χ0) is 43.1. The van der Waals surface area contributed by atoms with Crippen molar-refractivity contribution in [3.63, 3.8) is 0 Å². The Bertz CT molecular complexity index is 2260. The Balaban J connectivity index is 0.000000213. The summed E-state index contributed by atoms with van der Waals surface area (Å²) in [5, 5.41) is 18.2. The third-order valence-corrected chi connectivity index (χ3v) is 9.74. The minimum absolute atomic E-state index is 0.00153. The van der Waals surface area contributed by atoms with Gasteiger partial charge in [0.1, 0.15) is 42.6 Å². The van der Waals surface area contributed by atoms with Crippen LogP contribution in [0.1, 0.15) is 32.9 Å². The van der Waals surface area contributed by atoms with Gasteiger partial charge in [0.2, 0.25) is 0 Å². The number of hydrogen-bond donors (Lipinski definition) is 5. The topological polar surface area (TPSA) is 205 Å². The molecule has 1 amide bonds. The number of anilines is 2. The first-order chi connectivity index (χ1) is 29.6. The van der Waals surface area contributed by atoms with Crippen molar-refractivity contribution in [1.82, 2.24) is 15.3 Å². The SMILES string of the molecule is COC(=O)[C@@H](N)Cc1ccc(OCCc2ccc3c(n2)NCCO3)cc1.O=C(N[C@@H](Cc1ccc(OCCc2ccc3c(n2)NCCO3)cc1)C(=O)O)c1c(F)cccc1Cl. The lowest BCUT2D eigenvalue weighted by Crippen LogP contribution is -2.42. The maximum Gasteiger partial charge on any atom is 0.326 e. The number of fused-ring (bicyclic) bond motifs is 2. The number of carboxylic acids is 1. The Hall–Kier alpha value is -6.65. The highest BCUT2D eigenvalue weighted by Gasteiger charge is 2.24.